The maximum atomic E-state index is 13.4. The van der Waals surface area contributed by atoms with Crippen molar-refractivity contribution in [3.63, 3.8) is 0 Å². The van der Waals surface area contributed by atoms with Gasteiger partial charge in [-0.3, -0.25) is 9.10 Å². The lowest BCUT2D eigenvalue weighted by molar-refractivity contribution is 0.0940. The van der Waals surface area contributed by atoms with Crippen molar-refractivity contribution in [1.29, 1.82) is 0 Å². The van der Waals surface area contributed by atoms with Gasteiger partial charge in [0.25, 0.3) is 15.9 Å². The number of nitrogens with one attached hydrogen (secondary N) is 1. The number of sulfonamides is 1. The minimum absolute atomic E-state index is 0.171. The average molecular weight is 495 g/mol. The summed E-state index contributed by atoms with van der Waals surface area (Å²) in [5.41, 5.74) is 4.63. The highest BCUT2D eigenvalue weighted by atomic mass is 32.2. The topological polar surface area (TPSA) is 75.7 Å². The van der Waals surface area contributed by atoms with Gasteiger partial charge in [0.2, 0.25) is 0 Å². The van der Waals surface area contributed by atoms with E-state index in [-0.39, 0.29) is 28.3 Å². The predicted octanol–water partition coefficient (Wildman–Crippen LogP) is 5.75. The van der Waals surface area contributed by atoms with E-state index in [1.807, 2.05) is 26.8 Å². The highest BCUT2D eigenvalue weighted by molar-refractivity contribution is 7.92. The predicted molar refractivity (Wildman–Crippen MR) is 141 cm³/mol. The highest BCUT2D eigenvalue weighted by Gasteiger charge is 2.26. The van der Waals surface area contributed by atoms with Gasteiger partial charge >= 0.3 is 0 Å². The Labute approximate surface area is 209 Å². The second-order valence-corrected chi connectivity index (χ2v) is 11.1. The van der Waals surface area contributed by atoms with E-state index in [4.69, 9.17) is 4.74 Å². The van der Waals surface area contributed by atoms with Crippen LogP contribution in [0.5, 0.6) is 5.75 Å². The first-order chi connectivity index (χ1) is 16.5. The number of benzene rings is 3. The van der Waals surface area contributed by atoms with Gasteiger partial charge in [-0.15, -0.1) is 0 Å². The van der Waals surface area contributed by atoms with Gasteiger partial charge in [-0.05, 0) is 79.8 Å². The second kappa shape index (κ2) is 10.5. The summed E-state index contributed by atoms with van der Waals surface area (Å²) in [5.74, 6) is 0.738. The third-order valence-corrected chi connectivity index (χ3v) is 8.01. The number of aryl methyl sites for hydroxylation is 2. The molecule has 1 atom stereocenters. The van der Waals surface area contributed by atoms with Crippen LogP contribution in [-0.4, -0.2) is 28.5 Å². The first-order valence-electron chi connectivity index (χ1n) is 11.6. The molecular weight excluding hydrogens is 460 g/mol. The lowest BCUT2D eigenvalue weighted by atomic mass is 9.93. The maximum absolute atomic E-state index is 13.4. The third kappa shape index (κ3) is 5.51. The van der Waals surface area contributed by atoms with Gasteiger partial charge in [-0.25, -0.2) is 8.42 Å². The Morgan fingerprint density at radius 3 is 2.17 bits per heavy atom. The van der Waals surface area contributed by atoms with Crippen LogP contribution in [0.3, 0.4) is 0 Å². The molecule has 3 aromatic rings. The van der Waals surface area contributed by atoms with E-state index < -0.39 is 10.0 Å². The first-order valence-corrected chi connectivity index (χ1v) is 13.0. The van der Waals surface area contributed by atoms with Crippen LogP contribution in [0.1, 0.15) is 65.3 Å². The summed E-state index contributed by atoms with van der Waals surface area (Å²) >= 11 is 0. The largest absolute Gasteiger partial charge is 0.496 e. The number of ether oxygens (including phenoxy) is 1. The van der Waals surface area contributed by atoms with Crippen LogP contribution in [0.25, 0.3) is 0 Å². The molecular formula is C28H34N2O4S. The summed E-state index contributed by atoms with van der Waals surface area (Å²) in [5, 5.41) is 3.05. The fourth-order valence-corrected chi connectivity index (χ4v) is 5.31. The van der Waals surface area contributed by atoms with Crippen LogP contribution in [-0.2, 0) is 10.0 Å². The Kier molecular flexibility index (Phi) is 7.90. The van der Waals surface area contributed by atoms with E-state index >= 15 is 0 Å². The van der Waals surface area contributed by atoms with Crippen molar-refractivity contribution in [3.05, 3.63) is 88.5 Å². The summed E-state index contributed by atoms with van der Waals surface area (Å²) in [6.07, 6.45) is 0. The number of hydrogen-bond acceptors (Lipinski definition) is 4. The SMILES string of the molecule is COc1cc(C)c([C@H](C)NC(=O)c2ccccc2N(C)S(=O)(=O)c2ccc(C)cc2)cc1C(C)C. The molecule has 0 aliphatic heterocycles. The van der Waals surface area contributed by atoms with Gasteiger partial charge in [-0.1, -0.05) is 43.7 Å². The average Bonchev–Trinajstić information content (AvgIpc) is 2.83. The molecule has 35 heavy (non-hydrogen) atoms. The molecule has 1 amide bonds. The monoisotopic (exact) mass is 494 g/mol. The van der Waals surface area contributed by atoms with E-state index in [2.05, 4.69) is 25.2 Å². The zero-order valence-corrected chi connectivity index (χ0v) is 22.2. The second-order valence-electron chi connectivity index (χ2n) is 9.10. The van der Waals surface area contributed by atoms with Crippen LogP contribution >= 0.6 is 0 Å². The molecule has 0 radical (unpaired) electrons. The van der Waals surface area contributed by atoms with Crippen molar-refractivity contribution in [1.82, 2.24) is 5.32 Å². The standard InChI is InChI=1S/C28H34N2O4S/c1-18(2)24-17-25(20(4)16-27(24)34-7)21(5)29-28(31)23-10-8-9-11-26(23)30(6)35(32,33)22-14-12-19(3)13-15-22/h8-18,21H,1-7H3,(H,29,31)/t21-/m0/s1. The van der Waals surface area contributed by atoms with Crippen LogP contribution < -0.4 is 14.4 Å². The van der Waals surface area contributed by atoms with Gasteiger partial charge in [0.15, 0.2) is 0 Å². The molecule has 0 saturated heterocycles. The van der Waals surface area contributed by atoms with Gasteiger partial charge in [0.05, 0.1) is 29.3 Å². The Hall–Kier alpha value is -3.32. The van der Waals surface area contributed by atoms with Crippen molar-refractivity contribution in [2.75, 3.05) is 18.5 Å². The lowest BCUT2D eigenvalue weighted by Gasteiger charge is -2.24. The van der Waals surface area contributed by atoms with Crippen LogP contribution in [0.15, 0.2) is 65.6 Å². The minimum atomic E-state index is -3.84. The number of carbonyl (C=O) groups is 1. The molecule has 0 aliphatic carbocycles. The first kappa shape index (κ1) is 26.3. The summed E-state index contributed by atoms with van der Waals surface area (Å²) in [4.78, 5) is 13.5. The van der Waals surface area contributed by atoms with Crippen LogP contribution in [0, 0.1) is 13.8 Å². The maximum Gasteiger partial charge on any atom is 0.264 e. The van der Waals surface area contributed by atoms with E-state index in [1.165, 1.54) is 7.05 Å². The molecule has 7 heteroatoms. The number of para-hydroxylation sites is 1. The fourth-order valence-electron chi connectivity index (χ4n) is 4.10. The van der Waals surface area contributed by atoms with E-state index in [1.54, 1.807) is 55.6 Å². The normalized spacial score (nSPS) is 12.3. The smallest absolute Gasteiger partial charge is 0.264 e. The van der Waals surface area contributed by atoms with Gasteiger partial charge in [0, 0.05) is 7.05 Å². The quantitative estimate of drug-likeness (QED) is 0.433. The van der Waals surface area contributed by atoms with Crippen molar-refractivity contribution >= 4 is 21.6 Å². The summed E-state index contributed by atoms with van der Waals surface area (Å²) < 4.78 is 33.2. The molecule has 0 saturated carbocycles. The molecule has 0 spiro atoms. The molecule has 0 aromatic heterocycles. The van der Waals surface area contributed by atoms with E-state index in [9.17, 15) is 13.2 Å². The molecule has 3 rings (SSSR count). The van der Waals surface area contributed by atoms with Crippen LogP contribution in [0.4, 0.5) is 5.69 Å². The number of methoxy groups -OCH3 is 1. The molecule has 186 valence electrons. The molecule has 1 N–H and O–H groups in total. The molecule has 0 bridgehead atoms. The molecule has 3 aromatic carbocycles. The zero-order valence-electron chi connectivity index (χ0n) is 21.4. The molecule has 0 unspecified atom stereocenters. The third-order valence-electron chi connectivity index (χ3n) is 6.22. The van der Waals surface area contributed by atoms with E-state index in [0.717, 1.165) is 32.3 Å². The zero-order chi connectivity index (χ0) is 25.9. The highest BCUT2D eigenvalue weighted by Crippen LogP contribution is 2.32. The van der Waals surface area contributed by atoms with Crippen molar-refractivity contribution < 1.29 is 17.9 Å². The van der Waals surface area contributed by atoms with Gasteiger partial charge in [0.1, 0.15) is 5.75 Å². The van der Waals surface area contributed by atoms with Crippen molar-refractivity contribution in [2.45, 2.75) is 51.5 Å². The summed E-state index contributed by atoms with van der Waals surface area (Å²) in [6, 6.07) is 17.2. The number of rotatable bonds is 8. The van der Waals surface area contributed by atoms with E-state index in [0.29, 0.717) is 5.69 Å². The Morgan fingerprint density at radius 2 is 1.57 bits per heavy atom. The van der Waals surface area contributed by atoms with Crippen LogP contribution in [0.2, 0.25) is 0 Å². The molecule has 0 fully saturated rings. The summed E-state index contributed by atoms with van der Waals surface area (Å²) in [7, 11) is -0.714. The number of anilines is 1. The number of amides is 1. The molecule has 6 nitrogen and oxygen atoms in total. The van der Waals surface area contributed by atoms with Crippen molar-refractivity contribution in [3.8, 4) is 5.75 Å². The Morgan fingerprint density at radius 1 is 0.943 bits per heavy atom. The Bertz CT molecular complexity index is 1320. The van der Waals surface area contributed by atoms with Gasteiger partial charge < -0.3 is 10.1 Å². The number of carbonyl (C=O) groups excluding carboxylic acids is 1. The fraction of sp³-hybridized carbons (Fsp3) is 0.321. The van der Waals surface area contributed by atoms with Gasteiger partial charge in [-0.2, -0.15) is 0 Å². The minimum Gasteiger partial charge on any atom is -0.496 e. The molecule has 0 aliphatic rings. The number of hydrogen-bond donors (Lipinski definition) is 1. The Balaban J connectivity index is 1.92. The lowest BCUT2D eigenvalue weighted by Crippen LogP contribution is -2.32. The number of nitrogens with zero attached hydrogens (tertiary/aromatic N) is 1. The van der Waals surface area contributed by atoms with Crippen molar-refractivity contribution in [2.24, 2.45) is 0 Å². The molecule has 0 heterocycles. The summed E-state index contributed by atoms with van der Waals surface area (Å²) in [6.45, 7) is 10.0.